The molecule has 1 atom stereocenters. The van der Waals surface area contributed by atoms with Gasteiger partial charge in [-0.1, -0.05) is 0 Å². The highest BCUT2D eigenvalue weighted by Gasteiger charge is 2.32. The second kappa shape index (κ2) is 6.43. The van der Waals surface area contributed by atoms with Crippen molar-refractivity contribution in [1.82, 2.24) is 14.5 Å². The van der Waals surface area contributed by atoms with Gasteiger partial charge < -0.3 is 18.6 Å². The highest BCUT2D eigenvalue weighted by atomic mass is 16.5. The molecule has 0 bridgehead atoms. The van der Waals surface area contributed by atoms with Gasteiger partial charge in [0.2, 0.25) is 0 Å². The summed E-state index contributed by atoms with van der Waals surface area (Å²) < 4.78 is 13.1. The average Bonchev–Trinajstić information content (AvgIpc) is 3.35. The summed E-state index contributed by atoms with van der Waals surface area (Å²) in [6, 6.07) is 3.78. The largest absolute Gasteiger partial charge is 0.459 e. The number of hydrogen-bond donors (Lipinski definition) is 0. The van der Waals surface area contributed by atoms with Crippen LogP contribution in [0.1, 0.15) is 53.3 Å². The van der Waals surface area contributed by atoms with Crippen LogP contribution in [0.15, 0.2) is 29.0 Å². The Morgan fingerprint density at radius 3 is 2.88 bits per heavy atom. The third kappa shape index (κ3) is 2.75. The summed E-state index contributed by atoms with van der Waals surface area (Å²) in [7, 11) is 0. The number of likely N-dealkylation sites (tertiary alicyclic amines) is 1. The van der Waals surface area contributed by atoms with Crippen LogP contribution in [0, 0.1) is 6.92 Å². The Labute approximate surface area is 141 Å². The van der Waals surface area contributed by atoms with E-state index >= 15 is 0 Å². The molecule has 128 valence electrons. The lowest BCUT2D eigenvalue weighted by Gasteiger charge is -2.25. The monoisotopic (exact) mass is 329 g/mol. The molecule has 6 nitrogen and oxygen atoms in total. The minimum Gasteiger partial charge on any atom is -0.459 e. The molecule has 0 spiro atoms. The zero-order valence-electron chi connectivity index (χ0n) is 14.0. The Balaban J connectivity index is 1.53. The highest BCUT2D eigenvalue weighted by Crippen LogP contribution is 2.32. The van der Waals surface area contributed by atoms with Crippen molar-refractivity contribution in [2.45, 2.75) is 38.1 Å². The van der Waals surface area contributed by atoms with Crippen LogP contribution in [0.4, 0.5) is 0 Å². The molecule has 6 heteroatoms. The number of rotatable bonds is 3. The van der Waals surface area contributed by atoms with E-state index in [9.17, 15) is 4.79 Å². The van der Waals surface area contributed by atoms with Crippen LogP contribution in [0.3, 0.4) is 0 Å². The maximum absolute atomic E-state index is 12.5. The third-order valence-corrected chi connectivity index (χ3v) is 5.14. The molecule has 2 aromatic heterocycles. The topological polar surface area (TPSA) is 60.5 Å². The van der Waals surface area contributed by atoms with Crippen molar-refractivity contribution in [3.63, 3.8) is 0 Å². The Hall–Kier alpha value is -2.08. The Bertz CT molecular complexity index is 701. The number of carbonyl (C=O) groups is 1. The molecule has 2 aromatic rings. The van der Waals surface area contributed by atoms with Gasteiger partial charge in [0.15, 0.2) is 5.76 Å². The van der Waals surface area contributed by atoms with Crippen LogP contribution < -0.4 is 0 Å². The fourth-order valence-electron chi connectivity index (χ4n) is 3.89. The van der Waals surface area contributed by atoms with Crippen molar-refractivity contribution >= 4 is 5.91 Å². The molecule has 1 amide bonds. The Morgan fingerprint density at radius 2 is 2.12 bits per heavy atom. The predicted octanol–water partition coefficient (Wildman–Crippen LogP) is 2.77. The van der Waals surface area contributed by atoms with E-state index in [2.05, 4.69) is 16.5 Å². The lowest BCUT2D eigenvalue weighted by molar-refractivity contribution is 0.0754. The van der Waals surface area contributed by atoms with Crippen LogP contribution in [-0.4, -0.2) is 46.7 Å². The van der Waals surface area contributed by atoms with Crippen molar-refractivity contribution in [3.8, 4) is 0 Å². The number of hydrogen-bond acceptors (Lipinski definition) is 4. The Kier molecular flexibility index (Phi) is 4.14. The van der Waals surface area contributed by atoms with Crippen LogP contribution in [0.5, 0.6) is 0 Å². The van der Waals surface area contributed by atoms with Gasteiger partial charge >= 0.3 is 0 Å². The molecule has 2 aliphatic heterocycles. The normalized spacial score (nSPS) is 22.2. The molecule has 2 aliphatic rings. The maximum atomic E-state index is 12.5. The van der Waals surface area contributed by atoms with E-state index in [4.69, 9.17) is 9.15 Å². The summed E-state index contributed by atoms with van der Waals surface area (Å²) >= 11 is 0. The van der Waals surface area contributed by atoms with E-state index in [1.807, 2.05) is 11.1 Å². The van der Waals surface area contributed by atoms with E-state index in [-0.39, 0.29) is 5.91 Å². The molecule has 4 rings (SSSR count). The molecule has 0 N–H and O–H groups in total. The first-order chi connectivity index (χ1) is 11.7. The minimum absolute atomic E-state index is 0.0205. The first-order valence-corrected chi connectivity index (χ1v) is 8.68. The predicted molar refractivity (Wildman–Crippen MR) is 88.0 cm³/mol. The van der Waals surface area contributed by atoms with Gasteiger partial charge in [-0.3, -0.25) is 4.79 Å². The number of aromatic nitrogens is 2. The zero-order valence-corrected chi connectivity index (χ0v) is 14.0. The smallest absolute Gasteiger partial charge is 0.289 e. The highest BCUT2D eigenvalue weighted by molar-refractivity contribution is 5.91. The van der Waals surface area contributed by atoms with Gasteiger partial charge in [-0.15, -0.1) is 0 Å². The molecule has 0 aromatic carbocycles. The van der Waals surface area contributed by atoms with Crippen molar-refractivity contribution < 1.29 is 13.9 Å². The molecule has 24 heavy (non-hydrogen) atoms. The van der Waals surface area contributed by atoms with Gasteiger partial charge in [0.1, 0.15) is 5.82 Å². The molecule has 1 unspecified atom stereocenters. The number of carbonyl (C=O) groups excluding carboxylic acids is 1. The van der Waals surface area contributed by atoms with E-state index in [0.29, 0.717) is 24.3 Å². The molecule has 2 saturated heterocycles. The number of nitrogens with zero attached hydrogens (tertiary/aromatic N) is 3. The SMILES string of the molecule is Cc1cnc(C2CCOCC2)n1C1CCN(C(=O)c2ccco2)C1. The number of furan rings is 1. The maximum Gasteiger partial charge on any atom is 0.289 e. The first kappa shape index (κ1) is 15.4. The molecule has 0 saturated carbocycles. The van der Waals surface area contributed by atoms with Gasteiger partial charge in [-0.2, -0.15) is 0 Å². The van der Waals surface area contributed by atoms with Crippen LogP contribution in [-0.2, 0) is 4.74 Å². The number of aryl methyl sites for hydroxylation is 1. The van der Waals surface area contributed by atoms with Crippen molar-refractivity contribution in [2.75, 3.05) is 26.3 Å². The fraction of sp³-hybridized carbons (Fsp3) is 0.556. The van der Waals surface area contributed by atoms with Gasteiger partial charge in [0, 0.05) is 44.1 Å². The standard InChI is InChI=1S/C18H23N3O3/c1-13-11-19-17(14-5-9-23-10-6-14)21(13)15-4-7-20(12-15)18(22)16-3-2-8-24-16/h2-3,8,11,14-15H,4-7,9-10,12H2,1H3. The van der Waals surface area contributed by atoms with Gasteiger partial charge in [0.05, 0.1) is 12.3 Å². The summed E-state index contributed by atoms with van der Waals surface area (Å²) in [6.45, 7) is 5.20. The second-order valence-electron chi connectivity index (χ2n) is 6.69. The summed E-state index contributed by atoms with van der Waals surface area (Å²) in [6.07, 6.45) is 6.52. The fourth-order valence-corrected chi connectivity index (χ4v) is 3.89. The zero-order chi connectivity index (χ0) is 16.5. The van der Waals surface area contributed by atoms with Crippen molar-refractivity contribution in [1.29, 1.82) is 0 Å². The number of ether oxygens (including phenoxy) is 1. The quantitative estimate of drug-likeness (QED) is 0.869. The average molecular weight is 329 g/mol. The van der Waals surface area contributed by atoms with Crippen LogP contribution >= 0.6 is 0 Å². The summed E-state index contributed by atoms with van der Waals surface area (Å²) in [5.41, 5.74) is 1.17. The molecule has 0 aliphatic carbocycles. The lowest BCUT2D eigenvalue weighted by atomic mass is 9.99. The van der Waals surface area contributed by atoms with E-state index < -0.39 is 0 Å². The summed E-state index contributed by atoms with van der Waals surface area (Å²) in [5, 5.41) is 0. The molecular formula is C18H23N3O3. The third-order valence-electron chi connectivity index (χ3n) is 5.14. The van der Waals surface area contributed by atoms with E-state index in [1.54, 1.807) is 18.4 Å². The van der Waals surface area contributed by atoms with Crippen LogP contribution in [0.25, 0.3) is 0 Å². The summed E-state index contributed by atoms with van der Waals surface area (Å²) in [5.74, 6) is 2.02. The van der Waals surface area contributed by atoms with Crippen molar-refractivity contribution in [2.24, 2.45) is 0 Å². The number of imidazole rings is 1. The van der Waals surface area contributed by atoms with E-state index in [1.165, 1.54) is 5.69 Å². The van der Waals surface area contributed by atoms with Crippen molar-refractivity contribution in [3.05, 3.63) is 41.9 Å². The first-order valence-electron chi connectivity index (χ1n) is 8.68. The van der Waals surface area contributed by atoms with Crippen LogP contribution in [0.2, 0.25) is 0 Å². The van der Waals surface area contributed by atoms with Gasteiger partial charge in [-0.05, 0) is 38.3 Å². The molecule has 2 fully saturated rings. The lowest BCUT2D eigenvalue weighted by Crippen LogP contribution is -2.29. The van der Waals surface area contributed by atoms with E-state index in [0.717, 1.165) is 44.8 Å². The minimum atomic E-state index is -0.0205. The van der Waals surface area contributed by atoms with Gasteiger partial charge in [-0.25, -0.2) is 4.98 Å². The second-order valence-corrected chi connectivity index (χ2v) is 6.69. The Morgan fingerprint density at radius 1 is 1.29 bits per heavy atom. The molecular weight excluding hydrogens is 306 g/mol. The summed E-state index contributed by atoms with van der Waals surface area (Å²) in [4.78, 5) is 19.1. The molecule has 0 radical (unpaired) electrons. The number of amides is 1. The van der Waals surface area contributed by atoms with Gasteiger partial charge in [0.25, 0.3) is 5.91 Å². The molecule has 4 heterocycles.